The molecule has 0 unspecified atom stereocenters. The van der Waals surface area contributed by atoms with Gasteiger partial charge in [-0.05, 0) is 31.3 Å². The molecule has 1 saturated heterocycles. The molecule has 3 heterocycles. The molecule has 1 aromatic heterocycles. The SMILES string of the molecule is CN1CCN(C(=O)CNC2=C(c3nc4ccccc4c(=O)[nH]3)C(=O)CN2c2ccccc2F)CC1. The Morgan fingerprint density at radius 3 is 2.54 bits per heavy atom. The Morgan fingerprint density at radius 1 is 1.06 bits per heavy atom. The number of likely N-dealkylation sites (N-methyl/N-ethyl adjacent to an activating group) is 1. The first-order valence-corrected chi connectivity index (χ1v) is 11.4. The molecule has 0 spiro atoms. The predicted molar refractivity (Wildman–Crippen MR) is 130 cm³/mol. The summed E-state index contributed by atoms with van der Waals surface area (Å²) in [5.74, 6) is -0.668. The number of aromatic amines is 1. The van der Waals surface area contributed by atoms with Gasteiger partial charge in [-0.15, -0.1) is 0 Å². The predicted octanol–water partition coefficient (Wildman–Crippen LogP) is 1.18. The van der Waals surface area contributed by atoms with Crippen LogP contribution in [0.1, 0.15) is 5.82 Å². The molecular formula is C25H25FN6O3. The molecule has 2 aliphatic heterocycles. The number of amides is 1. The second-order valence-electron chi connectivity index (χ2n) is 8.65. The van der Waals surface area contributed by atoms with Crippen LogP contribution in [0.4, 0.5) is 10.1 Å². The van der Waals surface area contributed by atoms with Crippen molar-refractivity contribution < 1.29 is 14.0 Å². The van der Waals surface area contributed by atoms with Crippen LogP contribution in [-0.2, 0) is 9.59 Å². The van der Waals surface area contributed by atoms with Gasteiger partial charge in [0.15, 0.2) is 5.78 Å². The maximum Gasteiger partial charge on any atom is 0.259 e. The number of nitrogens with zero attached hydrogens (tertiary/aromatic N) is 4. The molecule has 10 heteroatoms. The first kappa shape index (κ1) is 22.7. The van der Waals surface area contributed by atoms with Crippen LogP contribution in [-0.4, -0.2) is 77.8 Å². The standard InChI is InChI=1S/C25H25FN6O3/c1-30-10-12-31(13-11-30)21(34)14-27-24-22(20(33)15-32(24)19-9-5-3-7-17(19)26)23-28-18-8-4-2-6-16(18)25(35)29-23/h2-9,27H,10-15H2,1H3,(H,28,29,35). The van der Waals surface area contributed by atoms with E-state index in [1.807, 2.05) is 7.05 Å². The fourth-order valence-corrected chi connectivity index (χ4v) is 4.40. The van der Waals surface area contributed by atoms with E-state index in [0.29, 0.717) is 24.0 Å². The maximum absolute atomic E-state index is 14.7. The van der Waals surface area contributed by atoms with Gasteiger partial charge in [-0.1, -0.05) is 24.3 Å². The van der Waals surface area contributed by atoms with E-state index in [9.17, 15) is 18.8 Å². The summed E-state index contributed by atoms with van der Waals surface area (Å²) < 4.78 is 14.7. The number of aromatic nitrogens is 2. The van der Waals surface area contributed by atoms with Gasteiger partial charge in [0, 0.05) is 26.2 Å². The van der Waals surface area contributed by atoms with Gasteiger partial charge in [-0.2, -0.15) is 0 Å². The van der Waals surface area contributed by atoms with E-state index in [1.54, 1.807) is 47.4 Å². The van der Waals surface area contributed by atoms with Crippen molar-refractivity contribution in [2.24, 2.45) is 0 Å². The summed E-state index contributed by atoms with van der Waals surface area (Å²) in [6.45, 7) is 2.54. The molecular weight excluding hydrogens is 451 g/mol. The number of carbonyl (C=O) groups is 2. The van der Waals surface area contributed by atoms with Gasteiger partial charge in [0.2, 0.25) is 5.91 Å². The number of rotatable bonds is 5. The molecule has 0 aliphatic carbocycles. The van der Waals surface area contributed by atoms with E-state index < -0.39 is 5.82 Å². The number of piperazine rings is 1. The first-order valence-electron chi connectivity index (χ1n) is 11.4. The fourth-order valence-electron chi connectivity index (χ4n) is 4.40. The van der Waals surface area contributed by atoms with Crippen molar-refractivity contribution in [2.75, 3.05) is 51.2 Å². The third-order valence-corrected chi connectivity index (χ3v) is 6.34. The zero-order valence-corrected chi connectivity index (χ0v) is 19.3. The lowest BCUT2D eigenvalue weighted by Gasteiger charge is -2.33. The van der Waals surface area contributed by atoms with Crippen LogP contribution in [0.5, 0.6) is 0 Å². The molecule has 1 amide bonds. The van der Waals surface area contributed by atoms with E-state index >= 15 is 0 Å². The minimum Gasteiger partial charge on any atom is -0.362 e. The highest BCUT2D eigenvalue weighted by atomic mass is 19.1. The average molecular weight is 477 g/mol. The van der Waals surface area contributed by atoms with E-state index in [4.69, 9.17) is 0 Å². The Hall–Kier alpha value is -4.05. The average Bonchev–Trinajstić information content (AvgIpc) is 3.19. The quantitative estimate of drug-likeness (QED) is 0.570. The summed E-state index contributed by atoms with van der Waals surface area (Å²) in [7, 11) is 2.00. The number of anilines is 1. The van der Waals surface area contributed by atoms with Crippen LogP contribution >= 0.6 is 0 Å². The molecule has 0 radical (unpaired) electrons. The number of carbonyl (C=O) groups excluding carboxylic acids is 2. The molecule has 3 aromatic rings. The number of hydrogen-bond acceptors (Lipinski definition) is 7. The lowest BCUT2D eigenvalue weighted by molar-refractivity contribution is -0.131. The summed E-state index contributed by atoms with van der Waals surface area (Å²) in [6.07, 6.45) is 0. The summed E-state index contributed by atoms with van der Waals surface area (Å²) >= 11 is 0. The summed E-state index contributed by atoms with van der Waals surface area (Å²) in [4.78, 5) is 51.3. The van der Waals surface area contributed by atoms with E-state index in [2.05, 4.69) is 20.2 Å². The number of Topliss-reactive ketones (excluding diaryl/α,β-unsaturated/α-hetero) is 1. The number of para-hydroxylation sites is 2. The van der Waals surface area contributed by atoms with Gasteiger partial charge in [0.1, 0.15) is 23.0 Å². The molecule has 0 saturated carbocycles. The number of ketones is 1. The Kier molecular flexibility index (Phi) is 6.04. The molecule has 0 bridgehead atoms. The number of nitrogens with one attached hydrogen (secondary N) is 2. The molecule has 2 aliphatic rings. The Bertz CT molecular complexity index is 1390. The maximum atomic E-state index is 14.7. The second-order valence-corrected chi connectivity index (χ2v) is 8.65. The monoisotopic (exact) mass is 476 g/mol. The van der Waals surface area contributed by atoms with E-state index in [1.165, 1.54) is 11.0 Å². The lowest BCUT2D eigenvalue weighted by atomic mass is 10.1. The lowest BCUT2D eigenvalue weighted by Crippen LogP contribution is -2.49. The summed E-state index contributed by atoms with van der Waals surface area (Å²) in [5.41, 5.74) is 0.350. The zero-order valence-electron chi connectivity index (χ0n) is 19.3. The van der Waals surface area contributed by atoms with Crippen molar-refractivity contribution >= 4 is 33.9 Å². The number of benzene rings is 2. The smallest absolute Gasteiger partial charge is 0.259 e. The van der Waals surface area contributed by atoms with Crippen LogP contribution in [0, 0.1) is 5.82 Å². The zero-order chi connectivity index (χ0) is 24.5. The van der Waals surface area contributed by atoms with Crippen LogP contribution in [0.2, 0.25) is 0 Å². The van der Waals surface area contributed by atoms with Crippen LogP contribution in [0.25, 0.3) is 16.5 Å². The van der Waals surface area contributed by atoms with Gasteiger partial charge < -0.3 is 25.0 Å². The van der Waals surface area contributed by atoms with E-state index in [0.717, 1.165) is 13.1 Å². The number of hydrogen-bond donors (Lipinski definition) is 2. The summed E-state index contributed by atoms with van der Waals surface area (Å²) in [6, 6.07) is 12.9. The molecule has 9 nitrogen and oxygen atoms in total. The Labute approximate surface area is 200 Å². The molecule has 5 rings (SSSR count). The molecule has 0 atom stereocenters. The Balaban J connectivity index is 1.54. The van der Waals surface area contributed by atoms with Gasteiger partial charge in [0.25, 0.3) is 5.56 Å². The molecule has 180 valence electrons. The highest BCUT2D eigenvalue weighted by molar-refractivity contribution is 6.26. The molecule has 35 heavy (non-hydrogen) atoms. The first-order chi connectivity index (χ1) is 16.9. The third-order valence-electron chi connectivity index (χ3n) is 6.34. The van der Waals surface area contributed by atoms with Crippen molar-refractivity contribution in [1.29, 1.82) is 0 Å². The van der Waals surface area contributed by atoms with E-state index in [-0.39, 0.29) is 53.2 Å². The highest BCUT2D eigenvalue weighted by Crippen LogP contribution is 2.31. The van der Waals surface area contributed by atoms with Crippen molar-refractivity contribution in [3.8, 4) is 0 Å². The van der Waals surface area contributed by atoms with Crippen molar-refractivity contribution in [1.82, 2.24) is 25.1 Å². The van der Waals surface area contributed by atoms with Crippen LogP contribution < -0.4 is 15.8 Å². The van der Waals surface area contributed by atoms with Gasteiger partial charge in [-0.3, -0.25) is 14.4 Å². The van der Waals surface area contributed by atoms with Crippen molar-refractivity contribution in [3.63, 3.8) is 0 Å². The van der Waals surface area contributed by atoms with Crippen molar-refractivity contribution in [2.45, 2.75) is 0 Å². The topological polar surface area (TPSA) is 102 Å². The second kappa shape index (κ2) is 9.30. The largest absolute Gasteiger partial charge is 0.362 e. The van der Waals surface area contributed by atoms with Crippen LogP contribution in [0.15, 0.2) is 59.1 Å². The minimum absolute atomic E-state index is 0.0760. The Morgan fingerprint density at radius 2 is 1.77 bits per heavy atom. The highest BCUT2D eigenvalue weighted by Gasteiger charge is 2.35. The third kappa shape index (κ3) is 4.40. The molecule has 2 N–H and O–H groups in total. The number of halogens is 1. The number of H-pyrrole nitrogens is 1. The normalized spacial score (nSPS) is 16.9. The number of fused-ring (bicyclic) bond motifs is 1. The fraction of sp³-hybridized carbons (Fsp3) is 0.280. The van der Waals surface area contributed by atoms with Crippen molar-refractivity contribution in [3.05, 3.63) is 76.3 Å². The van der Waals surface area contributed by atoms with Gasteiger partial charge in [-0.25, -0.2) is 9.37 Å². The van der Waals surface area contributed by atoms with Crippen LogP contribution in [0.3, 0.4) is 0 Å². The van der Waals surface area contributed by atoms with Gasteiger partial charge >= 0.3 is 0 Å². The van der Waals surface area contributed by atoms with Gasteiger partial charge in [0.05, 0.1) is 29.7 Å². The molecule has 2 aromatic carbocycles. The molecule has 1 fully saturated rings. The minimum atomic E-state index is -0.508. The summed E-state index contributed by atoms with van der Waals surface area (Å²) in [5, 5.41) is 3.46.